The van der Waals surface area contributed by atoms with Crippen molar-refractivity contribution in [2.24, 2.45) is 0 Å². The van der Waals surface area contributed by atoms with Crippen molar-refractivity contribution in [1.82, 2.24) is 15.4 Å². The number of nitrogens with one attached hydrogen (secondary N) is 2. The molecule has 7 nitrogen and oxygen atoms in total. The molecule has 2 aromatic rings. The second kappa shape index (κ2) is 7.00. The fourth-order valence-electron chi connectivity index (χ4n) is 3.07. The number of amides is 1. The maximum Gasteiger partial charge on any atom is 0.282 e. The molecule has 1 fully saturated rings. The van der Waals surface area contributed by atoms with Crippen LogP contribution in [0.4, 0.5) is 0 Å². The first kappa shape index (κ1) is 16.4. The Labute approximate surface area is 140 Å². The lowest BCUT2D eigenvalue weighted by Crippen LogP contribution is -2.45. The fraction of sp³-hybridized carbons (Fsp3) is 0.471. The Morgan fingerprint density at radius 1 is 1.04 bits per heavy atom. The number of H-pyrrole nitrogens is 1. The highest BCUT2D eigenvalue weighted by atomic mass is 16.5. The van der Waals surface area contributed by atoms with E-state index >= 15 is 0 Å². The summed E-state index contributed by atoms with van der Waals surface area (Å²) in [5.74, 6) is 1.55. The van der Waals surface area contributed by atoms with Crippen molar-refractivity contribution in [1.29, 1.82) is 0 Å². The minimum Gasteiger partial charge on any atom is -0.496 e. The van der Waals surface area contributed by atoms with Gasteiger partial charge in [0.15, 0.2) is 11.5 Å². The minimum atomic E-state index is -0.170. The molecule has 0 unspecified atom stereocenters. The molecule has 2 heterocycles. The van der Waals surface area contributed by atoms with E-state index in [-0.39, 0.29) is 5.91 Å². The number of aromatic nitrogens is 1. The van der Waals surface area contributed by atoms with Crippen LogP contribution in [0.3, 0.4) is 0 Å². The van der Waals surface area contributed by atoms with Gasteiger partial charge in [-0.05, 0) is 18.9 Å². The fourth-order valence-corrected chi connectivity index (χ4v) is 3.07. The molecule has 1 aliphatic rings. The number of benzene rings is 1. The van der Waals surface area contributed by atoms with E-state index < -0.39 is 0 Å². The average molecular weight is 333 g/mol. The zero-order valence-corrected chi connectivity index (χ0v) is 14.3. The largest absolute Gasteiger partial charge is 0.496 e. The summed E-state index contributed by atoms with van der Waals surface area (Å²) in [5.41, 5.74) is 4.09. The Bertz CT molecular complexity index is 735. The molecule has 1 aromatic carbocycles. The van der Waals surface area contributed by atoms with Gasteiger partial charge in [0.05, 0.1) is 26.8 Å². The van der Waals surface area contributed by atoms with Crippen LogP contribution in [0.2, 0.25) is 0 Å². The number of carbonyl (C=O) groups excluding carboxylic acids is 1. The first-order valence-corrected chi connectivity index (χ1v) is 8.05. The van der Waals surface area contributed by atoms with E-state index in [0.717, 1.165) is 31.3 Å². The Morgan fingerprint density at radius 3 is 2.38 bits per heavy atom. The Kier molecular flexibility index (Phi) is 4.80. The highest BCUT2D eigenvalue weighted by Crippen LogP contribution is 2.41. The van der Waals surface area contributed by atoms with E-state index in [1.807, 2.05) is 5.01 Å². The molecule has 2 N–H and O–H groups in total. The molecule has 24 heavy (non-hydrogen) atoms. The van der Waals surface area contributed by atoms with Crippen LogP contribution >= 0.6 is 0 Å². The van der Waals surface area contributed by atoms with Crippen molar-refractivity contribution >= 4 is 16.8 Å². The number of nitrogens with zero attached hydrogens (tertiary/aromatic N) is 1. The maximum absolute atomic E-state index is 12.5. The monoisotopic (exact) mass is 333 g/mol. The lowest BCUT2D eigenvalue weighted by molar-refractivity contribution is 0.0745. The molecule has 3 rings (SSSR count). The van der Waals surface area contributed by atoms with Gasteiger partial charge in [-0.3, -0.25) is 10.2 Å². The molecular formula is C17H23N3O4. The molecule has 0 radical (unpaired) electrons. The number of piperidine rings is 1. The number of carbonyl (C=O) groups is 1. The number of hydrazine groups is 1. The first-order chi connectivity index (χ1) is 11.7. The summed E-state index contributed by atoms with van der Waals surface area (Å²) in [7, 11) is 4.72. The summed E-state index contributed by atoms with van der Waals surface area (Å²) >= 11 is 0. The van der Waals surface area contributed by atoms with Gasteiger partial charge in [-0.2, -0.15) is 0 Å². The van der Waals surface area contributed by atoms with Gasteiger partial charge < -0.3 is 19.2 Å². The Morgan fingerprint density at radius 2 is 1.75 bits per heavy atom. The zero-order chi connectivity index (χ0) is 17.1. The molecular weight excluding hydrogens is 310 g/mol. The summed E-state index contributed by atoms with van der Waals surface area (Å²) in [6, 6.07) is 3.52. The number of fused-ring (bicyclic) bond motifs is 1. The zero-order valence-electron chi connectivity index (χ0n) is 14.3. The number of aromatic amines is 1. The van der Waals surface area contributed by atoms with Gasteiger partial charge in [0.1, 0.15) is 11.4 Å². The number of rotatable bonds is 5. The summed E-state index contributed by atoms with van der Waals surface area (Å²) in [6.45, 7) is 1.76. The van der Waals surface area contributed by atoms with Gasteiger partial charge >= 0.3 is 0 Å². The first-order valence-electron chi connectivity index (χ1n) is 8.05. The molecule has 0 aliphatic carbocycles. The van der Waals surface area contributed by atoms with Crippen molar-refractivity contribution in [3.05, 3.63) is 17.8 Å². The van der Waals surface area contributed by atoms with E-state index in [0.29, 0.717) is 28.5 Å². The highest BCUT2D eigenvalue weighted by molar-refractivity contribution is 6.02. The number of methoxy groups -OCH3 is 3. The lowest BCUT2D eigenvalue weighted by atomic mass is 10.2. The van der Waals surface area contributed by atoms with Crippen LogP contribution in [-0.4, -0.2) is 50.3 Å². The van der Waals surface area contributed by atoms with Crippen molar-refractivity contribution < 1.29 is 19.0 Å². The van der Waals surface area contributed by atoms with E-state index in [1.54, 1.807) is 33.5 Å². The smallest absolute Gasteiger partial charge is 0.282 e. The minimum absolute atomic E-state index is 0.170. The topological polar surface area (TPSA) is 75.8 Å². The third-order valence-electron chi connectivity index (χ3n) is 4.30. The Balaban J connectivity index is 1.95. The van der Waals surface area contributed by atoms with E-state index in [9.17, 15) is 4.79 Å². The third kappa shape index (κ3) is 2.99. The second-order valence-corrected chi connectivity index (χ2v) is 5.77. The van der Waals surface area contributed by atoms with E-state index in [1.165, 1.54) is 6.42 Å². The van der Waals surface area contributed by atoms with Crippen LogP contribution in [0.1, 0.15) is 29.8 Å². The number of hydrogen-bond donors (Lipinski definition) is 2. The molecule has 7 heteroatoms. The van der Waals surface area contributed by atoms with Crippen molar-refractivity contribution in [3.63, 3.8) is 0 Å². The molecule has 0 spiro atoms. The summed E-state index contributed by atoms with van der Waals surface area (Å²) in [6.07, 6.45) is 3.42. The standard InChI is InChI=1S/C17H23N3O4/c1-22-13-10-14(23-2)16(24-3)15-11(13)9-12(18-15)17(21)19-20-7-5-4-6-8-20/h9-10,18H,4-8H2,1-3H3,(H,19,21). The van der Waals surface area contributed by atoms with Gasteiger partial charge in [0.2, 0.25) is 0 Å². The predicted molar refractivity (Wildman–Crippen MR) is 90.8 cm³/mol. The third-order valence-corrected chi connectivity index (χ3v) is 4.30. The number of hydrogen-bond acceptors (Lipinski definition) is 5. The van der Waals surface area contributed by atoms with Crippen LogP contribution < -0.4 is 19.6 Å². The van der Waals surface area contributed by atoms with Crippen molar-refractivity contribution in [2.75, 3.05) is 34.4 Å². The quantitative estimate of drug-likeness (QED) is 0.878. The summed E-state index contributed by atoms with van der Waals surface area (Å²) in [4.78, 5) is 15.7. The maximum atomic E-state index is 12.5. The summed E-state index contributed by atoms with van der Waals surface area (Å²) < 4.78 is 16.2. The molecule has 1 saturated heterocycles. The van der Waals surface area contributed by atoms with Crippen molar-refractivity contribution in [3.8, 4) is 17.2 Å². The van der Waals surface area contributed by atoms with Crippen molar-refractivity contribution in [2.45, 2.75) is 19.3 Å². The Hall–Kier alpha value is -2.41. The second-order valence-electron chi connectivity index (χ2n) is 5.77. The van der Waals surface area contributed by atoms with Gasteiger partial charge in [0, 0.05) is 24.5 Å². The van der Waals surface area contributed by atoms with Gasteiger partial charge in [-0.1, -0.05) is 6.42 Å². The lowest BCUT2D eigenvalue weighted by Gasteiger charge is -2.26. The normalized spacial score (nSPS) is 15.3. The summed E-state index contributed by atoms with van der Waals surface area (Å²) in [5, 5.41) is 2.74. The van der Waals surface area contributed by atoms with Gasteiger partial charge in [0.25, 0.3) is 5.91 Å². The van der Waals surface area contributed by atoms with Crippen LogP contribution in [0.25, 0.3) is 10.9 Å². The van der Waals surface area contributed by atoms with Crippen LogP contribution in [0.15, 0.2) is 12.1 Å². The molecule has 0 saturated carbocycles. The van der Waals surface area contributed by atoms with Gasteiger partial charge in [-0.15, -0.1) is 0 Å². The molecule has 0 bridgehead atoms. The van der Waals surface area contributed by atoms with Crippen LogP contribution in [0.5, 0.6) is 17.2 Å². The average Bonchev–Trinajstić information content (AvgIpc) is 3.06. The molecule has 1 aliphatic heterocycles. The molecule has 1 aromatic heterocycles. The SMILES string of the molecule is COc1cc(OC)c2cc(C(=O)NN3CCCCC3)[nH]c2c1OC. The van der Waals surface area contributed by atoms with Crippen LogP contribution in [-0.2, 0) is 0 Å². The van der Waals surface area contributed by atoms with Gasteiger partial charge in [-0.25, -0.2) is 5.01 Å². The molecule has 0 atom stereocenters. The predicted octanol–water partition coefficient (Wildman–Crippen LogP) is 2.32. The van der Waals surface area contributed by atoms with Crippen LogP contribution in [0, 0.1) is 0 Å². The van der Waals surface area contributed by atoms with E-state index in [4.69, 9.17) is 14.2 Å². The number of ether oxygens (including phenoxy) is 3. The highest BCUT2D eigenvalue weighted by Gasteiger charge is 2.21. The molecule has 1 amide bonds. The molecule has 130 valence electrons. The van der Waals surface area contributed by atoms with E-state index in [2.05, 4.69) is 10.4 Å².